The molecule has 1 nitrogen and oxygen atoms in total. The molecule has 1 heteroatoms. The van der Waals surface area contributed by atoms with E-state index in [-0.39, 0.29) is 0 Å². The molecule has 0 N–H and O–H groups in total. The van der Waals surface area contributed by atoms with E-state index in [9.17, 15) is 0 Å². The first-order valence-corrected chi connectivity index (χ1v) is 6.28. The summed E-state index contributed by atoms with van der Waals surface area (Å²) in [5.74, 6) is 1.82. The van der Waals surface area contributed by atoms with Gasteiger partial charge in [0.05, 0.1) is 0 Å². The zero-order valence-corrected chi connectivity index (χ0v) is 10.8. The molecule has 0 aliphatic carbocycles. The van der Waals surface area contributed by atoms with Crippen LogP contribution >= 0.6 is 0 Å². The van der Waals surface area contributed by atoms with Crippen LogP contribution in [0, 0.1) is 11.8 Å². The standard InChI is InChI=1S/C13H29N/c1-6-12(3)11-13(4)9-8-10-14(5)7-2/h12-13H,6-11H2,1-5H3. The average Bonchev–Trinajstić information content (AvgIpc) is 2.17. The van der Waals surface area contributed by atoms with Gasteiger partial charge in [0.1, 0.15) is 0 Å². The van der Waals surface area contributed by atoms with Gasteiger partial charge in [0.25, 0.3) is 0 Å². The smallest absolute Gasteiger partial charge is 0.00218 e. The van der Waals surface area contributed by atoms with Crippen LogP contribution in [0.5, 0.6) is 0 Å². The second-order valence-corrected chi connectivity index (χ2v) is 4.89. The van der Waals surface area contributed by atoms with Crippen molar-refractivity contribution in [2.24, 2.45) is 11.8 Å². The van der Waals surface area contributed by atoms with Gasteiger partial charge in [-0.2, -0.15) is 0 Å². The Bertz CT molecular complexity index is 122. The lowest BCUT2D eigenvalue weighted by Crippen LogP contribution is -2.19. The van der Waals surface area contributed by atoms with Crippen molar-refractivity contribution in [1.29, 1.82) is 0 Å². The summed E-state index contributed by atoms with van der Waals surface area (Å²) in [6.07, 6.45) is 5.50. The normalized spacial score (nSPS) is 15.9. The van der Waals surface area contributed by atoms with Crippen molar-refractivity contribution in [3.8, 4) is 0 Å². The van der Waals surface area contributed by atoms with Crippen molar-refractivity contribution in [3.63, 3.8) is 0 Å². The first-order valence-electron chi connectivity index (χ1n) is 6.28. The van der Waals surface area contributed by atoms with E-state index >= 15 is 0 Å². The quantitative estimate of drug-likeness (QED) is 0.575. The Morgan fingerprint density at radius 3 is 2.21 bits per heavy atom. The Morgan fingerprint density at radius 1 is 1.07 bits per heavy atom. The molecule has 0 aromatic rings. The van der Waals surface area contributed by atoms with E-state index in [0.29, 0.717) is 0 Å². The molecule has 0 radical (unpaired) electrons. The van der Waals surface area contributed by atoms with E-state index in [0.717, 1.165) is 11.8 Å². The Labute approximate surface area is 90.9 Å². The highest BCUT2D eigenvalue weighted by molar-refractivity contribution is 4.60. The molecule has 0 saturated heterocycles. The van der Waals surface area contributed by atoms with Crippen LogP contribution in [0.15, 0.2) is 0 Å². The van der Waals surface area contributed by atoms with Gasteiger partial charge < -0.3 is 4.90 Å². The van der Waals surface area contributed by atoms with Crippen molar-refractivity contribution in [2.45, 2.75) is 53.4 Å². The third kappa shape index (κ3) is 7.37. The Hall–Kier alpha value is -0.0400. The van der Waals surface area contributed by atoms with E-state index in [1.165, 1.54) is 38.8 Å². The summed E-state index contributed by atoms with van der Waals surface area (Å²) in [5, 5.41) is 0. The second-order valence-electron chi connectivity index (χ2n) is 4.89. The lowest BCUT2D eigenvalue weighted by atomic mass is 9.92. The highest BCUT2D eigenvalue weighted by Gasteiger charge is 2.07. The largest absolute Gasteiger partial charge is 0.307 e. The van der Waals surface area contributed by atoms with Crippen molar-refractivity contribution < 1.29 is 0 Å². The van der Waals surface area contributed by atoms with E-state index in [1.807, 2.05) is 0 Å². The Kier molecular flexibility index (Phi) is 8.26. The summed E-state index contributed by atoms with van der Waals surface area (Å²) in [7, 11) is 2.21. The maximum atomic E-state index is 2.40. The summed E-state index contributed by atoms with van der Waals surface area (Å²) in [4.78, 5) is 2.40. The summed E-state index contributed by atoms with van der Waals surface area (Å²) in [6.45, 7) is 11.7. The molecule has 14 heavy (non-hydrogen) atoms. The molecule has 0 heterocycles. The fourth-order valence-corrected chi connectivity index (χ4v) is 1.84. The highest BCUT2D eigenvalue weighted by atomic mass is 15.1. The van der Waals surface area contributed by atoms with Crippen molar-refractivity contribution in [1.82, 2.24) is 4.90 Å². The van der Waals surface area contributed by atoms with Crippen molar-refractivity contribution in [2.75, 3.05) is 20.1 Å². The van der Waals surface area contributed by atoms with Crippen molar-refractivity contribution >= 4 is 0 Å². The van der Waals surface area contributed by atoms with Crippen molar-refractivity contribution in [3.05, 3.63) is 0 Å². The molecule has 0 bridgehead atoms. The zero-order chi connectivity index (χ0) is 11.0. The monoisotopic (exact) mass is 199 g/mol. The van der Waals surface area contributed by atoms with Gasteiger partial charge in [0.2, 0.25) is 0 Å². The first kappa shape index (κ1) is 14.0. The molecule has 0 rings (SSSR count). The van der Waals surface area contributed by atoms with E-state index in [2.05, 4.69) is 39.6 Å². The molecule has 2 atom stereocenters. The Morgan fingerprint density at radius 2 is 1.71 bits per heavy atom. The summed E-state index contributed by atoms with van der Waals surface area (Å²) >= 11 is 0. The number of hydrogen-bond donors (Lipinski definition) is 0. The topological polar surface area (TPSA) is 3.24 Å². The molecule has 0 aromatic heterocycles. The molecule has 0 saturated carbocycles. The fourth-order valence-electron chi connectivity index (χ4n) is 1.84. The molecule has 0 aliphatic rings. The molecule has 0 aliphatic heterocycles. The third-order valence-electron chi connectivity index (χ3n) is 3.28. The van der Waals surface area contributed by atoms with Crippen LogP contribution in [0.4, 0.5) is 0 Å². The molecule has 0 amide bonds. The minimum absolute atomic E-state index is 0.911. The van der Waals surface area contributed by atoms with Crippen LogP contribution in [0.2, 0.25) is 0 Å². The van der Waals surface area contributed by atoms with Crippen LogP contribution in [-0.4, -0.2) is 25.0 Å². The molecular weight excluding hydrogens is 170 g/mol. The molecular formula is C13H29N. The number of nitrogens with zero attached hydrogens (tertiary/aromatic N) is 1. The molecule has 0 spiro atoms. The van der Waals surface area contributed by atoms with Gasteiger partial charge in [-0.25, -0.2) is 0 Å². The van der Waals surface area contributed by atoms with Crippen LogP contribution in [-0.2, 0) is 0 Å². The second kappa shape index (κ2) is 8.28. The minimum atomic E-state index is 0.911. The maximum Gasteiger partial charge on any atom is -0.00218 e. The van der Waals surface area contributed by atoms with Gasteiger partial charge in [-0.15, -0.1) is 0 Å². The lowest BCUT2D eigenvalue weighted by molar-refractivity contribution is 0.314. The summed E-state index contributed by atoms with van der Waals surface area (Å²) < 4.78 is 0. The number of hydrogen-bond acceptors (Lipinski definition) is 1. The molecule has 2 unspecified atom stereocenters. The van der Waals surface area contributed by atoms with Gasteiger partial charge >= 0.3 is 0 Å². The van der Waals surface area contributed by atoms with Crippen LogP contribution in [0.25, 0.3) is 0 Å². The van der Waals surface area contributed by atoms with Gasteiger partial charge in [0, 0.05) is 0 Å². The van der Waals surface area contributed by atoms with Gasteiger partial charge in [-0.3, -0.25) is 0 Å². The van der Waals surface area contributed by atoms with Crippen LogP contribution in [0.3, 0.4) is 0 Å². The van der Waals surface area contributed by atoms with Crippen LogP contribution < -0.4 is 0 Å². The zero-order valence-electron chi connectivity index (χ0n) is 10.8. The first-order chi connectivity index (χ1) is 6.60. The minimum Gasteiger partial charge on any atom is -0.307 e. The van der Waals surface area contributed by atoms with Gasteiger partial charge in [-0.1, -0.05) is 34.1 Å². The lowest BCUT2D eigenvalue weighted by Gasteiger charge is -2.18. The Balaban J connectivity index is 3.39. The fraction of sp³-hybridized carbons (Fsp3) is 1.00. The predicted octanol–water partition coefficient (Wildman–Crippen LogP) is 3.79. The van der Waals surface area contributed by atoms with E-state index in [4.69, 9.17) is 0 Å². The summed E-state index contributed by atoms with van der Waals surface area (Å²) in [5.41, 5.74) is 0. The van der Waals surface area contributed by atoms with Crippen LogP contribution in [0.1, 0.15) is 53.4 Å². The van der Waals surface area contributed by atoms with Gasteiger partial charge in [0.15, 0.2) is 0 Å². The highest BCUT2D eigenvalue weighted by Crippen LogP contribution is 2.18. The third-order valence-corrected chi connectivity index (χ3v) is 3.28. The predicted molar refractivity (Wildman–Crippen MR) is 65.6 cm³/mol. The SMILES string of the molecule is CCC(C)CC(C)CCCN(C)CC. The molecule has 0 fully saturated rings. The van der Waals surface area contributed by atoms with Gasteiger partial charge in [-0.05, 0) is 51.2 Å². The van der Waals surface area contributed by atoms with E-state index < -0.39 is 0 Å². The molecule has 0 aromatic carbocycles. The maximum absolute atomic E-state index is 2.40. The summed E-state index contributed by atoms with van der Waals surface area (Å²) in [6, 6.07) is 0. The number of rotatable bonds is 8. The average molecular weight is 199 g/mol. The molecule has 86 valence electrons. The van der Waals surface area contributed by atoms with E-state index in [1.54, 1.807) is 0 Å².